The first kappa shape index (κ1) is 23.0. The predicted molar refractivity (Wildman–Crippen MR) is 121 cm³/mol. The molecular weight excluding hydrogens is 433 g/mol. The number of amides is 2. The van der Waals surface area contributed by atoms with Crippen molar-refractivity contribution < 1.29 is 22.4 Å². The van der Waals surface area contributed by atoms with Gasteiger partial charge in [-0.1, -0.05) is 30.3 Å². The highest BCUT2D eigenvalue weighted by Gasteiger charge is 2.17. The van der Waals surface area contributed by atoms with Gasteiger partial charge in [0.1, 0.15) is 5.82 Å². The van der Waals surface area contributed by atoms with Crippen LogP contribution in [0.1, 0.15) is 21.5 Å². The molecule has 0 radical (unpaired) electrons. The summed E-state index contributed by atoms with van der Waals surface area (Å²) in [4.78, 5) is 24.4. The molecule has 0 fully saturated rings. The summed E-state index contributed by atoms with van der Waals surface area (Å²) in [5, 5.41) is 5.27. The van der Waals surface area contributed by atoms with Gasteiger partial charge in [-0.25, -0.2) is 12.8 Å². The molecule has 0 aromatic heterocycles. The van der Waals surface area contributed by atoms with Gasteiger partial charge in [0.05, 0.1) is 17.1 Å². The van der Waals surface area contributed by atoms with E-state index >= 15 is 0 Å². The molecule has 3 aromatic carbocycles. The first-order valence-corrected chi connectivity index (χ1v) is 11.2. The normalized spacial score (nSPS) is 11.0. The summed E-state index contributed by atoms with van der Waals surface area (Å²) in [5.74, 6) is -1.62. The molecule has 0 atom stereocenters. The zero-order chi connectivity index (χ0) is 23.3. The van der Waals surface area contributed by atoms with Crippen molar-refractivity contribution in [3.63, 3.8) is 0 Å². The molecule has 9 heteroatoms. The van der Waals surface area contributed by atoms with Crippen molar-refractivity contribution in [2.24, 2.45) is 0 Å². The van der Waals surface area contributed by atoms with Crippen molar-refractivity contribution in [3.05, 3.63) is 89.2 Å². The highest BCUT2D eigenvalue weighted by molar-refractivity contribution is 7.92. The van der Waals surface area contributed by atoms with Gasteiger partial charge < -0.3 is 10.6 Å². The van der Waals surface area contributed by atoms with Crippen molar-refractivity contribution in [1.29, 1.82) is 0 Å². The lowest BCUT2D eigenvalue weighted by Gasteiger charge is -2.12. The van der Waals surface area contributed by atoms with Crippen molar-refractivity contribution in [3.8, 4) is 0 Å². The Morgan fingerprint density at radius 2 is 1.50 bits per heavy atom. The Morgan fingerprint density at radius 3 is 2.12 bits per heavy atom. The standard InChI is InChI=1S/C23H22FN3O4S/c1-15-6-5-7-16(2)22(15)26-21(28)14-25-23(29)17-10-12-18(13-11-17)32(30,31)27-20-9-4-3-8-19(20)24/h3-13,27H,14H2,1-2H3,(H,25,29)(H,26,28). The summed E-state index contributed by atoms with van der Waals surface area (Å²) in [5.41, 5.74) is 2.51. The molecule has 0 saturated carbocycles. The number of hydrogen-bond donors (Lipinski definition) is 3. The Kier molecular flexibility index (Phi) is 6.89. The van der Waals surface area contributed by atoms with E-state index in [2.05, 4.69) is 15.4 Å². The molecule has 0 aliphatic heterocycles. The largest absolute Gasteiger partial charge is 0.343 e. The Morgan fingerprint density at radius 1 is 0.875 bits per heavy atom. The molecule has 0 heterocycles. The molecule has 0 aliphatic carbocycles. The average Bonchev–Trinajstić information content (AvgIpc) is 2.76. The second kappa shape index (κ2) is 9.61. The van der Waals surface area contributed by atoms with Crippen LogP contribution in [0.5, 0.6) is 0 Å². The number of carbonyl (C=O) groups excluding carboxylic acids is 2. The number of aryl methyl sites for hydroxylation is 2. The Balaban J connectivity index is 1.61. The third kappa shape index (κ3) is 5.50. The van der Waals surface area contributed by atoms with Gasteiger partial charge in [-0.2, -0.15) is 0 Å². The summed E-state index contributed by atoms with van der Waals surface area (Å²) in [7, 11) is -4.03. The minimum atomic E-state index is -4.03. The van der Waals surface area contributed by atoms with E-state index in [9.17, 15) is 22.4 Å². The van der Waals surface area contributed by atoms with Crippen molar-refractivity contribution in [2.75, 3.05) is 16.6 Å². The summed E-state index contributed by atoms with van der Waals surface area (Å²) in [6.45, 7) is 3.50. The second-order valence-electron chi connectivity index (χ2n) is 7.11. The van der Waals surface area contributed by atoms with Crippen LogP contribution >= 0.6 is 0 Å². The number of anilines is 2. The van der Waals surface area contributed by atoms with Crippen LogP contribution < -0.4 is 15.4 Å². The highest BCUT2D eigenvalue weighted by atomic mass is 32.2. The van der Waals surface area contributed by atoms with E-state index < -0.39 is 21.7 Å². The summed E-state index contributed by atoms with van der Waals surface area (Å²) < 4.78 is 40.8. The maximum Gasteiger partial charge on any atom is 0.261 e. The Labute approximate surface area is 185 Å². The molecule has 0 unspecified atom stereocenters. The molecule has 3 aromatic rings. The van der Waals surface area contributed by atoms with Crippen LogP contribution in [-0.2, 0) is 14.8 Å². The fraction of sp³-hybridized carbons (Fsp3) is 0.130. The molecule has 0 saturated heterocycles. The summed E-state index contributed by atoms with van der Waals surface area (Å²) >= 11 is 0. The van der Waals surface area contributed by atoms with E-state index in [1.807, 2.05) is 32.0 Å². The molecule has 7 nitrogen and oxygen atoms in total. The Bertz CT molecular complexity index is 1240. The SMILES string of the molecule is Cc1cccc(C)c1NC(=O)CNC(=O)c1ccc(S(=O)(=O)Nc2ccccc2F)cc1. The second-order valence-corrected chi connectivity index (χ2v) is 8.79. The molecule has 3 N–H and O–H groups in total. The van der Waals surface area contributed by atoms with Crippen LogP contribution in [0, 0.1) is 19.7 Å². The predicted octanol–water partition coefficient (Wildman–Crippen LogP) is 3.61. The molecule has 0 spiro atoms. The fourth-order valence-electron chi connectivity index (χ4n) is 2.99. The van der Waals surface area contributed by atoms with Crippen molar-refractivity contribution in [2.45, 2.75) is 18.7 Å². The van der Waals surface area contributed by atoms with Crippen LogP contribution in [0.3, 0.4) is 0 Å². The summed E-state index contributed by atoms with van der Waals surface area (Å²) in [6, 6.07) is 16.1. The van der Waals surface area contributed by atoms with Gasteiger partial charge in [0, 0.05) is 11.3 Å². The van der Waals surface area contributed by atoms with Crippen molar-refractivity contribution >= 4 is 33.2 Å². The number of hydrogen-bond acceptors (Lipinski definition) is 4. The van der Waals surface area contributed by atoms with E-state index in [0.29, 0.717) is 5.69 Å². The maximum absolute atomic E-state index is 13.7. The first-order valence-electron chi connectivity index (χ1n) is 9.69. The number of para-hydroxylation sites is 2. The van der Waals surface area contributed by atoms with Gasteiger partial charge in [0.15, 0.2) is 0 Å². The van der Waals surface area contributed by atoms with E-state index in [-0.39, 0.29) is 28.6 Å². The van der Waals surface area contributed by atoms with Crippen LogP contribution in [-0.4, -0.2) is 26.8 Å². The number of benzene rings is 3. The zero-order valence-corrected chi connectivity index (χ0v) is 18.3. The highest BCUT2D eigenvalue weighted by Crippen LogP contribution is 2.20. The molecule has 32 heavy (non-hydrogen) atoms. The van der Waals surface area contributed by atoms with Crippen molar-refractivity contribution in [1.82, 2.24) is 5.32 Å². The van der Waals surface area contributed by atoms with Gasteiger partial charge in [-0.15, -0.1) is 0 Å². The van der Waals surface area contributed by atoms with Gasteiger partial charge in [0.25, 0.3) is 15.9 Å². The lowest BCUT2D eigenvalue weighted by Crippen LogP contribution is -2.33. The third-order valence-electron chi connectivity index (χ3n) is 4.70. The quantitative estimate of drug-likeness (QED) is 0.506. The van der Waals surface area contributed by atoms with Crippen LogP contribution in [0.2, 0.25) is 0 Å². The fourth-order valence-corrected chi connectivity index (χ4v) is 4.06. The monoisotopic (exact) mass is 455 g/mol. The third-order valence-corrected chi connectivity index (χ3v) is 6.08. The van der Waals surface area contributed by atoms with Gasteiger partial charge >= 0.3 is 0 Å². The molecule has 0 bridgehead atoms. The first-order chi connectivity index (χ1) is 15.2. The van der Waals surface area contributed by atoms with Crippen LogP contribution in [0.25, 0.3) is 0 Å². The van der Waals surface area contributed by atoms with Gasteiger partial charge in [-0.3, -0.25) is 14.3 Å². The molecule has 166 valence electrons. The van der Waals surface area contributed by atoms with E-state index in [0.717, 1.165) is 17.2 Å². The maximum atomic E-state index is 13.7. The number of sulfonamides is 1. The number of halogens is 1. The number of rotatable bonds is 7. The summed E-state index contributed by atoms with van der Waals surface area (Å²) in [6.07, 6.45) is 0. The Hall–Kier alpha value is -3.72. The minimum absolute atomic E-state index is 0.134. The number of nitrogens with one attached hydrogen (secondary N) is 3. The van der Waals surface area contributed by atoms with Gasteiger partial charge in [0.2, 0.25) is 5.91 Å². The van der Waals surface area contributed by atoms with E-state index in [1.165, 1.54) is 42.5 Å². The van der Waals surface area contributed by atoms with Crippen LogP contribution in [0.15, 0.2) is 71.6 Å². The van der Waals surface area contributed by atoms with E-state index in [4.69, 9.17) is 0 Å². The van der Waals surface area contributed by atoms with E-state index in [1.54, 1.807) is 0 Å². The molecular formula is C23H22FN3O4S. The lowest BCUT2D eigenvalue weighted by molar-refractivity contribution is -0.115. The van der Waals surface area contributed by atoms with Gasteiger partial charge in [-0.05, 0) is 61.4 Å². The topological polar surface area (TPSA) is 104 Å². The van der Waals surface area contributed by atoms with Crippen LogP contribution in [0.4, 0.5) is 15.8 Å². The molecule has 3 rings (SSSR count). The lowest BCUT2D eigenvalue weighted by atomic mass is 10.1. The smallest absolute Gasteiger partial charge is 0.261 e. The number of carbonyl (C=O) groups is 2. The zero-order valence-electron chi connectivity index (χ0n) is 17.5. The molecule has 2 amide bonds. The molecule has 0 aliphatic rings. The average molecular weight is 456 g/mol. The minimum Gasteiger partial charge on any atom is -0.343 e.